The lowest BCUT2D eigenvalue weighted by molar-refractivity contribution is -0.138. The third-order valence-corrected chi connectivity index (χ3v) is 4.74. The van der Waals surface area contributed by atoms with Gasteiger partial charge in [-0.2, -0.15) is 36.1 Å². The highest BCUT2D eigenvalue weighted by Gasteiger charge is 2.35. The Kier molecular flexibility index (Phi) is 6.91. The monoisotopic (exact) mass is 492 g/mol. The Morgan fingerprint density at radius 1 is 1.09 bits per heavy atom. The normalized spacial score (nSPS) is 13.1. The molecule has 0 spiro atoms. The minimum atomic E-state index is -4.81. The standard InChI is InChI=1S/C19H15ClF6N6O/c1-11(15-29-10-30-32(15)17-27-4-2-5-28-17)31(6-3-18(21,22)23)16(33)12-7-13(19(24,25)26)9-14(20)8-12/h2,4-5,7-11H,3,6H2,1H3. The van der Waals surface area contributed by atoms with Crippen LogP contribution in [0.5, 0.6) is 0 Å². The highest BCUT2D eigenvalue weighted by molar-refractivity contribution is 6.31. The maximum Gasteiger partial charge on any atom is 0.416 e. The molecule has 3 aromatic rings. The van der Waals surface area contributed by atoms with Gasteiger partial charge in [-0.15, -0.1) is 0 Å². The maximum absolute atomic E-state index is 13.2. The summed E-state index contributed by atoms with van der Waals surface area (Å²) in [6, 6.07) is 2.49. The largest absolute Gasteiger partial charge is 0.416 e. The molecule has 14 heteroatoms. The Hall–Kier alpha value is -3.22. The molecule has 0 aliphatic rings. The summed E-state index contributed by atoms with van der Waals surface area (Å²) in [4.78, 5) is 25.8. The van der Waals surface area contributed by atoms with E-state index >= 15 is 0 Å². The van der Waals surface area contributed by atoms with Crippen LogP contribution in [0.15, 0.2) is 43.0 Å². The topological polar surface area (TPSA) is 76.8 Å². The van der Waals surface area contributed by atoms with Crippen molar-refractivity contribution < 1.29 is 31.1 Å². The fraction of sp³-hybridized carbons (Fsp3) is 0.316. The summed E-state index contributed by atoms with van der Waals surface area (Å²) in [5.41, 5.74) is -1.73. The first kappa shape index (κ1) is 24.4. The van der Waals surface area contributed by atoms with Crippen LogP contribution in [0.4, 0.5) is 26.3 Å². The molecule has 0 aliphatic carbocycles. The van der Waals surface area contributed by atoms with Gasteiger partial charge in [0.15, 0.2) is 5.82 Å². The van der Waals surface area contributed by atoms with E-state index in [1.54, 1.807) is 0 Å². The average Bonchev–Trinajstić information content (AvgIpc) is 3.22. The zero-order valence-electron chi connectivity index (χ0n) is 16.8. The molecular weight excluding hydrogens is 478 g/mol. The number of alkyl halides is 6. The number of carbonyl (C=O) groups is 1. The molecule has 176 valence electrons. The van der Waals surface area contributed by atoms with Gasteiger partial charge in [0.2, 0.25) is 0 Å². The van der Waals surface area contributed by atoms with Crippen molar-refractivity contribution in [1.29, 1.82) is 0 Å². The third kappa shape index (κ3) is 5.97. The van der Waals surface area contributed by atoms with Crippen LogP contribution in [0.1, 0.15) is 41.1 Å². The summed E-state index contributed by atoms with van der Waals surface area (Å²) in [6.45, 7) is 0.521. The van der Waals surface area contributed by atoms with Crippen molar-refractivity contribution in [2.24, 2.45) is 0 Å². The number of aromatic nitrogens is 5. The predicted octanol–water partition coefficient (Wildman–Crippen LogP) is 4.89. The number of amides is 1. The van der Waals surface area contributed by atoms with Crippen molar-refractivity contribution in [2.75, 3.05) is 6.54 Å². The van der Waals surface area contributed by atoms with E-state index in [1.807, 2.05) is 0 Å². The highest BCUT2D eigenvalue weighted by Crippen LogP contribution is 2.33. The molecule has 0 saturated heterocycles. The lowest BCUT2D eigenvalue weighted by Crippen LogP contribution is -2.37. The molecule has 2 aromatic heterocycles. The van der Waals surface area contributed by atoms with E-state index in [0.29, 0.717) is 12.1 Å². The number of rotatable bonds is 6. The van der Waals surface area contributed by atoms with E-state index < -0.39 is 53.4 Å². The van der Waals surface area contributed by atoms with Gasteiger partial charge in [-0.25, -0.2) is 15.0 Å². The van der Waals surface area contributed by atoms with Crippen LogP contribution in [0.3, 0.4) is 0 Å². The predicted molar refractivity (Wildman–Crippen MR) is 104 cm³/mol. The average molecular weight is 493 g/mol. The second-order valence-electron chi connectivity index (χ2n) is 6.84. The van der Waals surface area contributed by atoms with Crippen molar-refractivity contribution in [3.63, 3.8) is 0 Å². The van der Waals surface area contributed by atoms with Crippen LogP contribution >= 0.6 is 11.6 Å². The molecule has 3 rings (SSSR count). The molecule has 0 radical (unpaired) electrons. The molecule has 0 bridgehead atoms. The maximum atomic E-state index is 13.2. The number of carbonyl (C=O) groups excluding carboxylic acids is 1. The van der Waals surface area contributed by atoms with Gasteiger partial charge in [0.05, 0.1) is 18.0 Å². The SMILES string of the molecule is CC(c1ncnn1-c1ncccn1)N(CCC(F)(F)F)C(=O)c1cc(Cl)cc(C(F)(F)F)c1. The van der Waals surface area contributed by atoms with Gasteiger partial charge in [0, 0.05) is 29.5 Å². The molecule has 0 fully saturated rings. The summed E-state index contributed by atoms with van der Waals surface area (Å²) in [5, 5.41) is 3.55. The number of hydrogen-bond acceptors (Lipinski definition) is 5. The molecule has 1 aromatic carbocycles. The van der Waals surface area contributed by atoms with E-state index in [2.05, 4.69) is 20.1 Å². The summed E-state index contributed by atoms with van der Waals surface area (Å²) in [7, 11) is 0. The second kappa shape index (κ2) is 9.33. The quantitative estimate of drug-likeness (QED) is 0.458. The lowest BCUT2D eigenvalue weighted by atomic mass is 10.1. The summed E-state index contributed by atoms with van der Waals surface area (Å²) < 4.78 is 79.5. The van der Waals surface area contributed by atoms with Crippen molar-refractivity contribution in [1.82, 2.24) is 29.6 Å². The van der Waals surface area contributed by atoms with Crippen molar-refractivity contribution in [3.8, 4) is 5.95 Å². The van der Waals surface area contributed by atoms with E-state index in [-0.39, 0.29) is 11.8 Å². The Morgan fingerprint density at radius 2 is 1.76 bits per heavy atom. The second-order valence-corrected chi connectivity index (χ2v) is 7.28. The van der Waals surface area contributed by atoms with Gasteiger partial charge in [-0.05, 0) is 31.2 Å². The van der Waals surface area contributed by atoms with Crippen molar-refractivity contribution in [2.45, 2.75) is 31.7 Å². The first-order chi connectivity index (χ1) is 15.4. The molecule has 0 aliphatic heterocycles. The molecule has 1 unspecified atom stereocenters. The van der Waals surface area contributed by atoms with Gasteiger partial charge in [0.1, 0.15) is 6.33 Å². The van der Waals surface area contributed by atoms with Crippen LogP contribution in [0.2, 0.25) is 5.02 Å². The smallest absolute Gasteiger partial charge is 0.328 e. The Bertz CT molecular complexity index is 1120. The Balaban J connectivity index is 2.02. The van der Waals surface area contributed by atoms with Crippen molar-refractivity contribution in [3.05, 3.63) is 65.0 Å². The molecule has 33 heavy (non-hydrogen) atoms. The van der Waals surface area contributed by atoms with E-state index in [9.17, 15) is 31.1 Å². The zero-order valence-corrected chi connectivity index (χ0v) is 17.5. The van der Waals surface area contributed by atoms with Crippen LogP contribution in [-0.2, 0) is 6.18 Å². The van der Waals surface area contributed by atoms with Gasteiger partial charge < -0.3 is 4.90 Å². The molecular formula is C19H15ClF6N6O. The van der Waals surface area contributed by atoms with Gasteiger partial charge in [-0.1, -0.05) is 11.6 Å². The van der Waals surface area contributed by atoms with Gasteiger partial charge in [0.25, 0.3) is 11.9 Å². The van der Waals surface area contributed by atoms with E-state index in [1.165, 1.54) is 25.4 Å². The van der Waals surface area contributed by atoms with Crippen LogP contribution < -0.4 is 0 Å². The minimum Gasteiger partial charge on any atom is -0.328 e. The fourth-order valence-electron chi connectivity index (χ4n) is 2.99. The molecule has 1 atom stereocenters. The molecule has 7 nitrogen and oxygen atoms in total. The Labute approximate surface area is 188 Å². The third-order valence-electron chi connectivity index (χ3n) is 4.53. The molecule has 0 N–H and O–H groups in total. The van der Waals surface area contributed by atoms with Gasteiger partial charge in [-0.3, -0.25) is 4.79 Å². The number of benzene rings is 1. The van der Waals surface area contributed by atoms with Crippen LogP contribution in [-0.4, -0.2) is 48.3 Å². The minimum absolute atomic E-state index is 0.00907. The number of halogens is 7. The fourth-order valence-corrected chi connectivity index (χ4v) is 3.23. The van der Waals surface area contributed by atoms with Gasteiger partial charge >= 0.3 is 12.4 Å². The van der Waals surface area contributed by atoms with Crippen LogP contribution in [0.25, 0.3) is 5.95 Å². The van der Waals surface area contributed by atoms with Crippen molar-refractivity contribution >= 4 is 17.5 Å². The molecule has 1 amide bonds. The van der Waals surface area contributed by atoms with E-state index in [0.717, 1.165) is 22.0 Å². The first-order valence-corrected chi connectivity index (χ1v) is 9.67. The lowest BCUT2D eigenvalue weighted by Gasteiger charge is -2.29. The number of hydrogen-bond donors (Lipinski definition) is 0. The summed E-state index contributed by atoms with van der Waals surface area (Å²) in [5.74, 6) is -1.04. The van der Waals surface area contributed by atoms with Crippen LogP contribution in [0, 0.1) is 0 Å². The molecule has 2 heterocycles. The summed E-state index contributed by atoms with van der Waals surface area (Å²) in [6.07, 6.45) is -6.94. The number of nitrogens with zero attached hydrogens (tertiary/aromatic N) is 6. The first-order valence-electron chi connectivity index (χ1n) is 9.29. The zero-order chi connectivity index (χ0) is 24.4. The summed E-state index contributed by atoms with van der Waals surface area (Å²) >= 11 is 5.75. The highest BCUT2D eigenvalue weighted by atomic mass is 35.5. The Morgan fingerprint density at radius 3 is 2.36 bits per heavy atom. The van der Waals surface area contributed by atoms with E-state index in [4.69, 9.17) is 11.6 Å². The molecule has 0 saturated carbocycles.